The van der Waals surface area contributed by atoms with Crippen LogP contribution in [-0.4, -0.2) is 30.5 Å². The normalized spacial score (nSPS) is 19.9. The fourth-order valence-corrected chi connectivity index (χ4v) is 5.21. The van der Waals surface area contributed by atoms with E-state index < -0.39 is 10.0 Å². The number of nitrogens with one attached hydrogen (secondary N) is 1. The monoisotopic (exact) mass is 431 g/mol. The van der Waals surface area contributed by atoms with E-state index in [1.165, 1.54) is 0 Å². The Bertz CT molecular complexity index is 1110. The lowest BCUT2D eigenvalue weighted by Crippen LogP contribution is -2.39. The van der Waals surface area contributed by atoms with E-state index in [-0.39, 0.29) is 17.0 Å². The van der Waals surface area contributed by atoms with Crippen molar-refractivity contribution in [1.29, 1.82) is 0 Å². The highest BCUT2D eigenvalue weighted by Crippen LogP contribution is 2.26. The van der Waals surface area contributed by atoms with Crippen LogP contribution in [0, 0.1) is 6.92 Å². The molecule has 1 aliphatic carbocycles. The van der Waals surface area contributed by atoms with Crippen LogP contribution in [-0.2, 0) is 10.0 Å². The number of aromatic nitrogens is 2. The summed E-state index contributed by atoms with van der Waals surface area (Å²) in [6.07, 6.45) is 4.49. The number of halogens is 1. The number of rotatable bonds is 5. The Morgan fingerprint density at radius 2 is 1.86 bits per heavy atom. The Balaban J connectivity index is 1.42. The molecule has 1 aromatic carbocycles. The molecule has 0 atom stereocenters. The van der Waals surface area contributed by atoms with Crippen LogP contribution < -0.4 is 9.46 Å². The van der Waals surface area contributed by atoms with E-state index in [2.05, 4.69) is 14.7 Å². The number of hydrogen-bond donors (Lipinski definition) is 1. The Hall–Kier alpha value is -2.22. The van der Waals surface area contributed by atoms with Crippen LogP contribution in [0.15, 0.2) is 53.6 Å². The molecule has 29 heavy (non-hydrogen) atoms. The lowest BCUT2D eigenvalue weighted by Gasteiger charge is -2.29. The molecule has 1 saturated carbocycles. The van der Waals surface area contributed by atoms with Crippen LogP contribution in [0.1, 0.15) is 31.4 Å². The molecule has 0 amide bonds. The highest BCUT2D eigenvalue weighted by Gasteiger charge is 2.28. The number of ether oxygens (including phenoxy) is 1. The maximum atomic E-state index is 13.0. The molecule has 8 heteroatoms. The number of hydrogen-bond acceptors (Lipinski definition) is 5. The average Bonchev–Trinajstić information content (AvgIpc) is 2.70. The summed E-state index contributed by atoms with van der Waals surface area (Å²) in [6.45, 7) is 1.85. The van der Waals surface area contributed by atoms with E-state index >= 15 is 0 Å². The Labute approximate surface area is 175 Å². The zero-order chi connectivity index (χ0) is 20.4. The molecular formula is C21H22ClN3O3S. The largest absolute Gasteiger partial charge is 0.474 e. The second-order valence-corrected chi connectivity index (χ2v) is 9.43. The molecule has 0 radical (unpaired) electrons. The molecule has 4 rings (SSSR count). The van der Waals surface area contributed by atoms with E-state index in [9.17, 15) is 8.42 Å². The van der Waals surface area contributed by atoms with Crippen molar-refractivity contribution in [2.24, 2.45) is 0 Å². The molecule has 0 saturated heterocycles. The van der Waals surface area contributed by atoms with Crippen LogP contribution in [0.4, 0.5) is 0 Å². The minimum atomic E-state index is -3.66. The van der Waals surface area contributed by atoms with Gasteiger partial charge in [-0.25, -0.2) is 18.1 Å². The lowest BCUT2D eigenvalue weighted by atomic mass is 9.94. The summed E-state index contributed by atoms with van der Waals surface area (Å²) in [7, 11) is -3.66. The van der Waals surface area contributed by atoms with Crippen molar-refractivity contribution >= 4 is 32.5 Å². The van der Waals surface area contributed by atoms with Crippen molar-refractivity contribution in [3.63, 3.8) is 0 Å². The van der Waals surface area contributed by atoms with Crippen LogP contribution in [0.2, 0.25) is 5.02 Å². The van der Waals surface area contributed by atoms with Gasteiger partial charge in [0.15, 0.2) is 0 Å². The maximum Gasteiger partial charge on any atom is 0.242 e. The molecular weight excluding hydrogens is 410 g/mol. The van der Waals surface area contributed by atoms with E-state index in [0.717, 1.165) is 23.9 Å². The zero-order valence-corrected chi connectivity index (χ0v) is 17.6. The number of para-hydroxylation sites is 1. The summed E-state index contributed by atoms with van der Waals surface area (Å²) in [4.78, 5) is 8.82. The average molecular weight is 432 g/mol. The molecule has 2 aromatic heterocycles. The number of sulfonamides is 1. The Morgan fingerprint density at radius 3 is 2.59 bits per heavy atom. The molecule has 3 aromatic rings. The smallest absolute Gasteiger partial charge is 0.242 e. The van der Waals surface area contributed by atoms with E-state index in [1.807, 2.05) is 25.1 Å². The first-order valence-corrected chi connectivity index (χ1v) is 11.4. The topological polar surface area (TPSA) is 81.2 Å². The maximum absolute atomic E-state index is 13.0. The van der Waals surface area contributed by atoms with Gasteiger partial charge in [-0.3, -0.25) is 4.98 Å². The molecule has 1 N–H and O–H groups in total. The quantitative estimate of drug-likeness (QED) is 0.652. The summed E-state index contributed by atoms with van der Waals surface area (Å²) in [5.74, 6) is 0.538. The third kappa shape index (κ3) is 4.69. The van der Waals surface area contributed by atoms with Crippen LogP contribution in [0.5, 0.6) is 5.88 Å². The molecule has 0 aliphatic heterocycles. The fourth-order valence-electron chi connectivity index (χ4n) is 3.62. The van der Waals surface area contributed by atoms with Crippen LogP contribution in [0.3, 0.4) is 0 Å². The summed E-state index contributed by atoms with van der Waals surface area (Å²) in [6, 6.07) is 12.4. The van der Waals surface area contributed by atoms with Gasteiger partial charge in [-0.05, 0) is 50.8 Å². The van der Waals surface area contributed by atoms with E-state index in [1.54, 1.807) is 30.5 Å². The second kappa shape index (κ2) is 8.26. The minimum absolute atomic E-state index is 0.0197. The fraction of sp³-hybridized carbons (Fsp3) is 0.333. The summed E-state index contributed by atoms with van der Waals surface area (Å²) >= 11 is 5.84. The predicted octanol–water partition coefficient (Wildman–Crippen LogP) is 4.26. The number of nitrogens with zero attached hydrogens (tertiary/aromatic N) is 2. The van der Waals surface area contributed by atoms with E-state index in [0.29, 0.717) is 29.3 Å². The Kier molecular flexibility index (Phi) is 5.72. The molecule has 6 nitrogen and oxygen atoms in total. The molecule has 2 heterocycles. The highest BCUT2D eigenvalue weighted by atomic mass is 35.5. The first kappa shape index (κ1) is 20.1. The SMILES string of the molecule is Cc1ccc2cccc(S(=O)(=O)NC3CCC(Oc4ccc(Cl)cn4)CC3)c2n1. The molecule has 152 valence electrons. The van der Waals surface area contributed by atoms with Gasteiger partial charge < -0.3 is 4.74 Å². The van der Waals surface area contributed by atoms with Gasteiger partial charge in [-0.2, -0.15) is 0 Å². The third-order valence-corrected chi connectivity index (χ3v) is 6.87. The van der Waals surface area contributed by atoms with Crippen molar-refractivity contribution in [3.05, 3.63) is 59.4 Å². The highest BCUT2D eigenvalue weighted by molar-refractivity contribution is 7.89. The minimum Gasteiger partial charge on any atom is -0.474 e. The van der Waals surface area contributed by atoms with Crippen LogP contribution >= 0.6 is 11.6 Å². The van der Waals surface area contributed by atoms with Gasteiger partial charge in [0.25, 0.3) is 0 Å². The van der Waals surface area contributed by atoms with Crippen LogP contribution in [0.25, 0.3) is 10.9 Å². The van der Waals surface area contributed by atoms with Crippen molar-refractivity contribution in [2.75, 3.05) is 0 Å². The number of pyridine rings is 2. The van der Waals surface area contributed by atoms with Gasteiger partial charge in [0.1, 0.15) is 11.0 Å². The zero-order valence-electron chi connectivity index (χ0n) is 16.0. The lowest BCUT2D eigenvalue weighted by molar-refractivity contribution is 0.138. The van der Waals surface area contributed by atoms with Crippen molar-refractivity contribution in [2.45, 2.75) is 49.6 Å². The van der Waals surface area contributed by atoms with Gasteiger partial charge in [-0.15, -0.1) is 0 Å². The summed E-state index contributed by atoms with van der Waals surface area (Å²) < 4.78 is 34.8. The first-order chi connectivity index (χ1) is 13.9. The molecule has 0 spiro atoms. The molecule has 0 bridgehead atoms. The molecule has 1 aliphatic rings. The van der Waals surface area contributed by atoms with Crippen molar-refractivity contribution < 1.29 is 13.2 Å². The number of fused-ring (bicyclic) bond motifs is 1. The number of benzene rings is 1. The third-order valence-electron chi connectivity index (χ3n) is 5.10. The van der Waals surface area contributed by atoms with Gasteiger partial charge in [0, 0.05) is 29.4 Å². The van der Waals surface area contributed by atoms with E-state index in [4.69, 9.17) is 16.3 Å². The van der Waals surface area contributed by atoms with Gasteiger partial charge in [0.05, 0.1) is 10.5 Å². The predicted molar refractivity (Wildman–Crippen MR) is 113 cm³/mol. The van der Waals surface area contributed by atoms with Gasteiger partial charge >= 0.3 is 0 Å². The molecule has 1 fully saturated rings. The first-order valence-electron chi connectivity index (χ1n) is 9.58. The summed E-state index contributed by atoms with van der Waals surface area (Å²) in [5, 5.41) is 1.37. The number of aryl methyl sites for hydroxylation is 1. The standard InChI is InChI=1S/C21H22ClN3O3S/c1-14-5-6-15-3-2-4-19(21(15)24-14)29(26,27)25-17-8-10-18(11-9-17)28-20-12-7-16(22)13-23-20/h2-7,12-13,17-18,25H,8-11H2,1H3. The van der Waals surface area contributed by atoms with Crippen molar-refractivity contribution in [1.82, 2.24) is 14.7 Å². The van der Waals surface area contributed by atoms with Gasteiger partial charge in [-0.1, -0.05) is 29.8 Å². The van der Waals surface area contributed by atoms with Crippen molar-refractivity contribution in [3.8, 4) is 5.88 Å². The second-order valence-electron chi connectivity index (χ2n) is 7.31. The Morgan fingerprint density at radius 1 is 1.07 bits per heavy atom. The summed E-state index contributed by atoms with van der Waals surface area (Å²) in [5.41, 5.74) is 1.29. The van der Waals surface area contributed by atoms with Gasteiger partial charge in [0.2, 0.25) is 15.9 Å². The molecule has 0 unspecified atom stereocenters.